The maximum Gasteiger partial charge on any atom is 0.0713 e. The number of aromatic nitrogens is 1. The maximum absolute atomic E-state index is 4.53. The first-order valence-corrected chi connectivity index (χ1v) is 6.59. The molecule has 0 aliphatic rings. The zero-order chi connectivity index (χ0) is 13.4. The van der Waals surface area contributed by atoms with Crippen LogP contribution < -0.4 is 0 Å². The fourth-order valence-corrected chi connectivity index (χ4v) is 2.64. The van der Waals surface area contributed by atoms with E-state index in [0.29, 0.717) is 0 Å². The van der Waals surface area contributed by atoms with Gasteiger partial charge in [0.2, 0.25) is 0 Å². The second-order valence-corrected chi connectivity index (χ2v) is 5.06. The molecular formula is C18H17N. The van der Waals surface area contributed by atoms with Crippen LogP contribution in [0.4, 0.5) is 0 Å². The number of aryl methyl sites for hydroxylation is 2. The SMILES string of the molecule is Cc1cc2nccc(-c3ccccc3)c2c(C)c1C. The van der Waals surface area contributed by atoms with Crippen LogP contribution in [0, 0.1) is 20.8 Å². The summed E-state index contributed by atoms with van der Waals surface area (Å²) >= 11 is 0. The quantitative estimate of drug-likeness (QED) is 0.600. The van der Waals surface area contributed by atoms with Crippen LogP contribution in [0.15, 0.2) is 48.7 Å². The standard InChI is InChI=1S/C18H17N/c1-12-11-17-18(14(3)13(12)2)16(9-10-19-17)15-7-5-4-6-8-15/h4-11H,1-3H3. The van der Waals surface area contributed by atoms with E-state index in [1.165, 1.54) is 33.2 Å². The van der Waals surface area contributed by atoms with Crippen molar-refractivity contribution in [2.45, 2.75) is 20.8 Å². The van der Waals surface area contributed by atoms with Crippen LogP contribution >= 0.6 is 0 Å². The minimum Gasteiger partial charge on any atom is -0.256 e. The van der Waals surface area contributed by atoms with Gasteiger partial charge in [0.1, 0.15) is 0 Å². The highest BCUT2D eigenvalue weighted by molar-refractivity contribution is 5.97. The number of benzene rings is 2. The van der Waals surface area contributed by atoms with Gasteiger partial charge < -0.3 is 0 Å². The average Bonchev–Trinajstić information content (AvgIpc) is 2.45. The van der Waals surface area contributed by atoms with E-state index < -0.39 is 0 Å². The highest BCUT2D eigenvalue weighted by Crippen LogP contribution is 2.32. The average molecular weight is 247 g/mol. The van der Waals surface area contributed by atoms with Crippen LogP contribution in [0.1, 0.15) is 16.7 Å². The number of nitrogens with zero attached hydrogens (tertiary/aromatic N) is 1. The van der Waals surface area contributed by atoms with Gasteiger partial charge in [-0.1, -0.05) is 30.3 Å². The zero-order valence-corrected chi connectivity index (χ0v) is 11.6. The molecule has 1 nitrogen and oxygen atoms in total. The van der Waals surface area contributed by atoms with Gasteiger partial charge in [-0.05, 0) is 60.7 Å². The Labute approximate surface area is 113 Å². The molecule has 0 unspecified atom stereocenters. The lowest BCUT2D eigenvalue weighted by molar-refractivity contribution is 1.27. The lowest BCUT2D eigenvalue weighted by atomic mass is 9.93. The molecule has 0 bridgehead atoms. The highest BCUT2D eigenvalue weighted by Gasteiger charge is 2.10. The van der Waals surface area contributed by atoms with E-state index in [1.54, 1.807) is 0 Å². The van der Waals surface area contributed by atoms with E-state index in [0.717, 1.165) is 5.52 Å². The molecule has 94 valence electrons. The molecule has 0 N–H and O–H groups in total. The summed E-state index contributed by atoms with van der Waals surface area (Å²) in [6.07, 6.45) is 1.90. The topological polar surface area (TPSA) is 12.9 Å². The van der Waals surface area contributed by atoms with Gasteiger partial charge >= 0.3 is 0 Å². The first kappa shape index (κ1) is 11.9. The van der Waals surface area contributed by atoms with E-state index in [4.69, 9.17) is 0 Å². The molecule has 0 saturated heterocycles. The fourth-order valence-electron chi connectivity index (χ4n) is 2.64. The van der Waals surface area contributed by atoms with Crippen LogP contribution in [0.3, 0.4) is 0 Å². The summed E-state index contributed by atoms with van der Waals surface area (Å²) in [6, 6.07) is 14.8. The Kier molecular flexibility index (Phi) is 2.83. The predicted octanol–water partition coefficient (Wildman–Crippen LogP) is 4.83. The van der Waals surface area contributed by atoms with Gasteiger partial charge in [-0.3, -0.25) is 4.98 Å². The van der Waals surface area contributed by atoms with E-state index in [1.807, 2.05) is 6.20 Å². The van der Waals surface area contributed by atoms with Crippen molar-refractivity contribution in [1.29, 1.82) is 0 Å². The molecule has 0 aliphatic heterocycles. The fraction of sp³-hybridized carbons (Fsp3) is 0.167. The molecular weight excluding hydrogens is 230 g/mol. The molecule has 0 amide bonds. The van der Waals surface area contributed by atoms with E-state index in [2.05, 4.69) is 68.2 Å². The van der Waals surface area contributed by atoms with Crippen molar-refractivity contribution in [2.24, 2.45) is 0 Å². The first-order chi connectivity index (χ1) is 9.18. The van der Waals surface area contributed by atoms with Crippen molar-refractivity contribution < 1.29 is 0 Å². The second-order valence-electron chi connectivity index (χ2n) is 5.06. The van der Waals surface area contributed by atoms with Gasteiger partial charge in [0, 0.05) is 11.6 Å². The monoisotopic (exact) mass is 247 g/mol. The highest BCUT2D eigenvalue weighted by atomic mass is 14.6. The van der Waals surface area contributed by atoms with Crippen molar-refractivity contribution in [1.82, 2.24) is 4.98 Å². The summed E-state index contributed by atoms with van der Waals surface area (Å²) in [4.78, 5) is 4.53. The molecule has 0 fully saturated rings. The van der Waals surface area contributed by atoms with Gasteiger partial charge in [-0.2, -0.15) is 0 Å². The summed E-state index contributed by atoms with van der Waals surface area (Å²) in [5.74, 6) is 0. The van der Waals surface area contributed by atoms with E-state index in [9.17, 15) is 0 Å². The number of rotatable bonds is 1. The molecule has 1 heterocycles. The summed E-state index contributed by atoms with van der Waals surface area (Å²) in [7, 11) is 0. The molecule has 3 rings (SSSR count). The molecule has 1 aromatic heterocycles. The van der Waals surface area contributed by atoms with Crippen molar-refractivity contribution in [3.8, 4) is 11.1 Å². The molecule has 0 atom stereocenters. The van der Waals surface area contributed by atoms with Gasteiger partial charge in [0.25, 0.3) is 0 Å². The molecule has 2 aromatic carbocycles. The lowest BCUT2D eigenvalue weighted by Crippen LogP contribution is -1.93. The third kappa shape index (κ3) is 1.91. The van der Waals surface area contributed by atoms with E-state index in [-0.39, 0.29) is 0 Å². The van der Waals surface area contributed by atoms with Crippen molar-refractivity contribution in [3.05, 3.63) is 65.4 Å². The molecule has 3 aromatic rings. The Morgan fingerprint density at radius 2 is 1.58 bits per heavy atom. The Balaban J connectivity index is 2.42. The number of hydrogen-bond donors (Lipinski definition) is 0. The summed E-state index contributed by atoms with van der Waals surface area (Å²) in [5.41, 5.74) is 7.61. The van der Waals surface area contributed by atoms with Crippen LogP contribution in [-0.4, -0.2) is 4.98 Å². The van der Waals surface area contributed by atoms with Crippen LogP contribution in [0.5, 0.6) is 0 Å². The molecule has 0 spiro atoms. The van der Waals surface area contributed by atoms with Crippen LogP contribution in [0.25, 0.3) is 22.0 Å². The number of pyridine rings is 1. The predicted molar refractivity (Wildman–Crippen MR) is 81.4 cm³/mol. The molecule has 0 aliphatic carbocycles. The van der Waals surface area contributed by atoms with E-state index >= 15 is 0 Å². The third-order valence-electron chi connectivity index (χ3n) is 3.95. The number of fused-ring (bicyclic) bond motifs is 1. The first-order valence-electron chi connectivity index (χ1n) is 6.59. The molecule has 0 radical (unpaired) electrons. The minimum absolute atomic E-state index is 1.09. The smallest absolute Gasteiger partial charge is 0.0713 e. The van der Waals surface area contributed by atoms with Crippen molar-refractivity contribution >= 4 is 10.9 Å². The Morgan fingerprint density at radius 3 is 2.32 bits per heavy atom. The summed E-state index contributed by atoms with van der Waals surface area (Å²) in [6.45, 7) is 6.53. The summed E-state index contributed by atoms with van der Waals surface area (Å²) in [5, 5.41) is 1.27. The van der Waals surface area contributed by atoms with Gasteiger partial charge in [0.05, 0.1) is 5.52 Å². The third-order valence-corrected chi connectivity index (χ3v) is 3.95. The minimum atomic E-state index is 1.09. The Hall–Kier alpha value is -2.15. The van der Waals surface area contributed by atoms with Crippen molar-refractivity contribution in [2.75, 3.05) is 0 Å². The van der Waals surface area contributed by atoms with Gasteiger partial charge in [-0.15, -0.1) is 0 Å². The summed E-state index contributed by atoms with van der Waals surface area (Å²) < 4.78 is 0. The second kappa shape index (κ2) is 4.51. The lowest BCUT2D eigenvalue weighted by Gasteiger charge is -2.13. The van der Waals surface area contributed by atoms with Crippen LogP contribution in [-0.2, 0) is 0 Å². The van der Waals surface area contributed by atoms with Gasteiger partial charge in [-0.25, -0.2) is 0 Å². The molecule has 0 saturated carbocycles. The number of hydrogen-bond acceptors (Lipinski definition) is 1. The molecule has 19 heavy (non-hydrogen) atoms. The van der Waals surface area contributed by atoms with Crippen LogP contribution in [0.2, 0.25) is 0 Å². The Morgan fingerprint density at radius 1 is 0.842 bits per heavy atom. The largest absolute Gasteiger partial charge is 0.256 e. The van der Waals surface area contributed by atoms with Crippen molar-refractivity contribution in [3.63, 3.8) is 0 Å². The normalized spacial score (nSPS) is 10.9. The zero-order valence-electron chi connectivity index (χ0n) is 11.6. The molecule has 1 heteroatoms. The van der Waals surface area contributed by atoms with Gasteiger partial charge in [0.15, 0.2) is 0 Å². The Bertz CT molecular complexity index is 742. The maximum atomic E-state index is 4.53.